The van der Waals surface area contributed by atoms with Crippen LogP contribution >= 0.6 is 0 Å². The summed E-state index contributed by atoms with van der Waals surface area (Å²) in [7, 11) is 0. The molecule has 6 heteroatoms. The molecule has 7 N–H and O–H groups in total. The van der Waals surface area contributed by atoms with Crippen molar-refractivity contribution in [3.63, 3.8) is 0 Å². The van der Waals surface area contributed by atoms with Crippen LogP contribution in [0.15, 0.2) is 5.10 Å². The molecule has 0 rings (SSSR count). The standard InChI is InChI=1S/C17H37N5O/c18-16(23)14-12-10-8-6-4-2-1-3-5-7-9-11-13-15-17(21-19)22-20/h1-15,19-20H2,(H2,18,23)(H,21,22). The summed E-state index contributed by atoms with van der Waals surface area (Å²) in [5.74, 6) is 11.0. The summed E-state index contributed by atoms with van der Waals surface area (Å²) < 4.78 is 0. The molecule has 0 fully saturated rings. The highest BCUT2D eigenvalue weighted by molar-refractivity contribution is 5.81. The Morgan fingerprint density at radius 2 is 1.04 bits per heavy atom. The van der Waals surface area contributed by atoms with Gasteiger partial charge in [-0.25, -0.2) is 5.84 Å². The number of rotatable bonds is 16. The van der Waals surface area contributed by atoms with Gasteiger partial charge in [0.1, 0.15) is 5.84 Å². The number of unbranched alkanes of at least 4 members (excludes halogenated alkanes) is 12. The highest BCUT2D eigenvalue weighted by atomic mass is 16.1. The molecule has 0 aromatic heterocycles. The van der Waals surface area contributed by atoms with E-state index in [0.29, 0.717) is 12.3 Å². The Kier molecular flexibility index (Phi) is 16.1. The maximum atomic E-state index is 10.6. The van der Waals surface area contributed by atoms with Crippen molar-refractivity contribution in [1.29, 1.82) is 0 Å². The Morgan fingerprint density at radius 3 is 1.35 bits per heavy atom. The molecule has 6 nitrogen and oxygen atoms in total. The molecule has 23 heavy (non-hydrogen) atoms. The highest BCUT2D eigenvalue weighted by Crippen LogP contribution is 2.13. The molecular weight excluding hydrogens is 290 g/mol. The van der Waals surface area contributed by atoms with E-state index in [1.54, 1.807) is 0 Å². The molecule has 0 unspecified atom stereocenters. The first-order valence-corrected chi connectivity index (χ1v) is 9.22. The highest BCUT2D eigenvalue weighted by Gasteiger charge is 1.97. The van der Waals surface area contributed by atoms with Crippen LogP contribution in [0.25, 0.3) is 0 Å². The number of amides is 1. The number of hydrazine groups is 1. The van der Waals surface area contributed by atoms with E-state index in [4.69, 9.17) is 17.4 Å². The van der Waals surface area contributed by atoms with Crippen molar-refractivity contribution in [3.05, 3.63) is 0 Å². The number of carbonyl (C=O) groups is 1. The van der Waals surface area contributed by atoms with Gasteiger partial charge in [-0.3, -0.25) is 4.79 Å². The van der Waals surface area contributed by atoms with Crippen LogP contribution < -0.4 is 22.8 Å². The van der Waals surface area contributed by atoms with Gasteiger partial charge in [0, 0.05) is 12.8 Å². The van der Waals surface area contributed by atoms with Gasteiger partial charge in [-0.2, -0.15) is 5.10 Å². The second-order valence-electron chi connectivity index (χ2n) is 6.28. The molecule has 136 valence electrons. The van der Waals surface area contributed by atoms with Crippen molar-refractivity contribution in [2.24, 2.45) is 22.5 Å². The first-order chi connectivity index (χ1) is 11.2. The van der Waals surface area contributed by atoms with Gasteiger partial charge < -0.3 is 17.0 Å². The predicted octanol–water partition coefficient (Wildman–Crippen LogP) is 3.06. The van der Waals surface area contributed by atoms with Crippen molar-refractivity contribution in [2.75, 3.05) is 0 Å². The number of nitrogens with one attached hydrogen (secondary N) is 1. The fraction of sp³-hybridized carbons (Fsp3) is 0.882. The Morgan fingerprint density at radius 1 is 0.696 bits per heavy atom. The minimum atomic E-state index is -0.172. The fourth-order valence-corrected chi connectivity index (χ4v) is 2.71. The lowest BCUT2D eigenvalue weighted by Gasteiger charge is -2.04. The second-order valence-corrected chi connectivity index (χ2v) is 6.28. The van der Waals surface area contributed by atoms with Gasteiger partial charge in [0.05, 0.1) is 0 Å². The Balaban J connectivity index is 3.09. The molecular formula is C17H37N5O. The fourth-order valence-electron chi connectivity index (χ4n) is 2.71. The van der Waals surface area contributed by atoms with E-state index < -0.39 is 0 Å². The molecule has 0 bridgehead atoms. The zero-order valence-electron chi connectivity index (χ0n) is 14.7. The summed E-state index contributed by atoms with van der Waals surface area (Å²) in [5, 5.41) is 3.57. The molecule has 0 saturated carbocycles. The number of nitrogens with two attached hydrogens (primary N) is 3. The van der Waals surface area contributed by atoms with Gasteiger partial charge in [0.15, 0.2) is 0 Å². The number of amidine groups is 1. The van der Waals surface area contributed by atoms with Crippen LogP contribution in [0.5, 0.6) is 0 Å². The van der Waals surface area contributed by atoms with Crippen molar-refractivity contribution in [1.82, 2.24) is 5.43 Å². The first-order valence-electron chi connectivity index (χ1n) is 9.22. The van der Waals surface area contributed by atoms with Crippen molar-refractivity contribution < 1.29 is 4.79 Å². The summed E-state index contributed by atoms with van der Waals surface area (Å²) in [6, 6.07) is 0. The van der Waals surface area contributed by atoms with E-state index >= 15 is 0 Å². The molecule has 0 aliphatic carbocycles. The van der Waals surface area contributed by atoms with Crippen LogP contribution in [0, 0.1) is 0 Å². The van der Waals surface area contributed by atoms with E-state index in [-0.39, 0.29) is 5.91 Å². The molecule has 0 saturated heterocycles. The maximum Gasteiger partial charge on any atom is 0.217 e. The van der Waals surface area contributed by atoms with E-state index in [0.717, 1.165) is 25.7 Å². The van der Waals surface area contributed by atoms with E-state index in [9.17, 15) is 4.79 Å². The summed E-state index contributed by atoms with van der Waals surface area (Å²) in [6.45, 7) is 0. The van der Waals surface area contributed by atoms with Crippen LogP contribution in [-0.2, 0) is 4.79 Å². The van der Waals surface area contributed by atoms with Crippen molar-refractivity contribution in [2.45, 2.75) is 96.3 Å². The second kappa shape index (κ2) is 17.1. The Labute approximate surface area is 141 Å². The summed E-state index contributed by atoms with van der Waals surface area (Å²) >= 11 is 0. The first kappa shape index (κ1) is 21.7. The normalized spacial score (nSPS) is 11.6. The molecule has 1 amide bonds. The van der Waals surface area contributed by atoms with Gasteiger partial charge in [-0.15, -0.1) is 0 Å². The number of hydrogen-bond acceptors (Lipinski definition) is 4. The van der Waals surface area contributed by atoms with E-state index in [2.05, 4.69) is 10.5 Å². The molecule has 0 aromatic carbocycles. The van der Waals surface area contributed by atoms with Crippen molar-refractivity contribution in [3.8, 4) is 0 Å². The SMILES string of the molecule is NN=C(CCCCCCCCCCCCCCCC(N)=O)NN. The topological polar surface area (TPSA) is 120 Å². The molecule has 0 aliphatic heterocycles. The van der Waals surface area contributed by atoms with Gasteiger partial charge in [-0.05, 0) is 12.8 Å². The lowest BCUT2D eigenvalue weighted by Crippen LogP contribution is -2.31. The molecule has 0 heterocycles. The molecule has 0 spiro atoms. The quantitative estimate of drug-likeness (QED) is 0.114. The minimum absolute atomic E-state index is 0.172. The maximum absolute atomic E-state index is 10.6. The number of primary amides is 1. The average Bonchev–Trinajstić information content (AvgIpc) is 2.54. The Hall–Kier alpha value is -1.30. The zero-order valence-corrected chi connectivity index (χ0v) is 14.7. The zero-order chi connectivity index (χ0) is 17.2. The van der Waals surface area contributed by atoms with Gasteiger partial charge in [0.2, 0.25) is 5.91 Å². The number of nitrogens with zero attached hydrogens (tertiary/aromatic N) is 1. The van der Waals surface area contributed by atoms with Crippen LogP contribution in [-0.4, -0.2) is 11.7 Å². The third-order valence-corrected chi connectivity index (χ3v) is 4.16. The van der Waals surface area contributed by atoms with Crippen LogP contribution in [0.3, 0.4) is 0 Å². The largest absolute Gasteiger partial charge is 0.370 e. The van der Waals surface area contributed by atoms with Gasteiger partial charge in [0.25, 0.3) is 0 Å². The van der Waals surface area contributed by atoms with Gasteiger partial charge >= 0.3 is 0 Å². The number of carbonyl (C=O) groups excluding carboxylic acids is 1. The lowest BCUT2D eigenvalue weighted by atomic mass is 10.0. The third-order valence-electron chi connectivity index (χ3n) is 4.16. The monoisotopic (exact) mass is 327 g/mol. The average molecular weight is 328 g/mol. The predicted molar refractivity (Wildman–Crippen MR) is 97.4 cm³/mol. The van der Waals surface area contributed by atoms with Gasteiger partial charge in [-0.1, -0.05) is 70.6 Å². The van der Waals surface area contributed by atoms with Crippen LogP contribution in [0.1, 0.15) is 96.3 Å². The smallest absolute Gasteiger partial charge is 0.217 e. The Bertz CT molecular complexity index is 307. The molecule has 0 atom stereocenters. The molecule has 0 aromatic rings. The summed E-state index contributed by atoms with van der Waals surface area (Å²) in [4.78, 5) is 10.6. The van der Waals surface area contributed by atoms with Crippen LogP contribution in [0.4, 0.5) is 0 Å². The van der Waals surface area contributed by atoms with Crippen LogP contribution in [0.2, 0.25) is 0 Å². The molecule has 0 aliphatic rings. The van der Waals surface area contributed by atoms with E-state index in [1.807, 2.05) is 0 Å². The summed E-state index contributed by atoms with van der Waals surface area (Å²) in [6.07, 6.45) is 17.6. The van der Waals surface area contributed by atoms with E-state index in [1.165, 1.54) is 64.2 Å². The lowest BCUT2D eigenvalue weighted by molar-refractivity contribution is -0.118. The number of hydrogen-bond donors (Lipinski definition) is 4. The van der Waals surface area contributed by atoms with Crippen molar-refractivity contribution >= 4 is 11.7 Å². The minimum Gasteiger partial charge on any atom is -0.370 e. The number of hydrazone groups is 1. The third kappa shape index (κ3) is 16.9. The molecule has 0 radical (unpaired) electrons. The summed E-state index contributed by atoms with van der Waals surface area (Å²) in [5.41, 5.74) is 7.62.